The first kappa shape index (κ1) is 23.2. The first-order valence-corrected chi connectivity index (χ1v) is 11.2. The zero-order chi connectivity index (χ0) is 24.4. The second-order valence-corrected chi connectivity index (χ2v) is 8.47. The maximum absolute atomic E-state index is 12.8. The Bertz CT molecular complexity index is 1200. The lowest BCUT2D eigenvalue weighted by molar-refractivity contribution is -0.179. The molecule has 184 valence electrons. The molecule has 1 N–H and O–H groups in total. The van der Waals surface area contributed by atoms with Crippen molar-refractivity contribution in [2.75, 3.05) is 19.8 Å². The zero-order valence-corrected chi connectivity index (χ0v) is 18.6. The van der Waals surface area contributed by atoms with Crippen LogP contribution < -0.4 is 14.8 Å². The van der Waals surface area contributed by atoms with E-state index in [-0.39, 0.29) is 24.2 Å². The molecule has 8 nitrogen and oxygen atoms in total. The van der Waals surface area contributed by atoms with Gasteiger partial charge in [0.1, 0.15) is 25.1 Å². The topological polar surface area (TPSA) is 87.5 Å². The van der Waals surface area contributed by atoms with E-state index in [9.17, 15) is 18.0 Å². The summed E-state index contributed by atoms with van der Waals surface area (Å²) in [5.74, 6) is 0.727. The highest BCUT2D eigenvalue weighted by Crippen LogP contribution is 2.30. The molecule has 0 radical (unpaired) electrons. The van der Waals surface area contributed by atoms with E-state index in [1.54, 1.807) is 6.20 Å². The van der Waals surface area contributed by atoms with Crippen molar-refractivity contribution in [2.45, 2.75) is 37.7 Å². The number of hydrogen-bond acceptors (Lipinski definition) is 6. The number of amides is 1. The Morgan fingerprint density at radius 2 is 2.11 bits per heavy atom. The number of hydrogen-bond donors (Lipinski definition) is 1. The van der Waals surface area contributed by atoms with E-state index < -0.39 is 18.9 Å². The van der Waals surface area contributed by atoms with E-state index >= 15 is 0 Å². The van der Waals surface area contributed by atoms with E-state index in [4.69, 9.17) is 14.2 Å². The Hall–Kier alpha value is -3.60. The predicted octanol–water partition coefficient (Wildman–Crippen LogP) is 3.41. The van der Waals surface area contributed by atoms with Crippen LogP contribution in [0.5, 0.6) is 11.6 Å². The molecule has 0 unspecified atom stereocenters. The number of halogens is 3. The largest absolute Gasteiger partial charge is 0.491 e. The lowest BCUT2D eigenvalue weighted by atomic mass is 9.99. The van der Waals surface area contributed by atoms with E-state index in [0.717, 1.165) is 22.6 Å². The van der Waals surface area contributed by atoms with Gasteiger partial charge in [-0.1, -0.05) is 6.07 Å². The molecule has 3 aromatic rings. The van der Waals surface area contributed by atoms with Gasteiger partial charge >= 0.3 is 6.18 Å². The van der Waals surface area contributed by atoms with Crippen molar-refractivity contribution in [3.63, 3.8) is 0 Å². The molecule has 35 heavy (non-hydrogen) atoms. The van der Waals surface area contributed by atoms with Crippen LogP contribution >= 0.6 is 0 Å². The molecule has 1 amide bonds. The number of alkyl halides is 3. The Labute approximate surface area is 199 Å². The Kier molecular flexibility index (Phi) is 6.33. The second-order valence-electron chi connectivity index (χ2n) is 8.47. The fourth-order valence-electron chi connectivity index (χ4n) is 4.12. The fourth-order valence-corrected chi connectivity index (χ4v) is 4.12. The molecule has 0 fully saturated rings. The van der Waals surface area contributed by atoms with E-state index in [1.807, 2.05) is 36.4 Å². The number of aryl methyl sites for hydroxylation is 1. The first-order chi connectivity index (χ1) is 16.8. The SMILES string of the molecule is O=C(N[C@H]1COc2ccc(-c3ccccn3)cc2C1)c1cc2n(n1)CC[C@H](COCC(F)(F)F)O2. The monoisotopic (exact) mass is 488 g/mol. The van der Waals surface area contributed by atoms with Crippen molar-refractivity contribution in [3.8, 4) is 22.9 Å². The van der Waals surface area contributed by atoms with Crippen LogP contribution in [0.4, 0.5) is 13.2 Å². The summed E-state index contributed by atoms with van der Waals surface area (Å²) in [5.41, 5.74) is 2.96. The molecule has 0 saturated carbocycles. The minimum absolute atomic E-state index is 0.171. The molecule has 4 heterocycles. The summed E-state index contributed by atoms with van der Waals surface area (Å²) in [6.45, 7) is -0.773. The molecular formula is C24H23F3N4O4. The normalized spacial score (nSPS) is 19.2. The van der Waals surface area contributed by atoms with Crippen LogP contribution in [-0.4, -0.2) is 58.8 Å². The number of rotatable bonds is 6. The van der Waals surface area contributed by atoms with Crippen LogP contribution in [0.25, 0.3) is 11.3 Å². The number of nitrogens with one attached hydrogen (secondary N) is 1. The Morgan fingerprint density at radius 3 is 2.91 bits per heavy atom. The summed E-state index contributed by atoms with van der Waals surface area (Å²) in [7, 11) is 0. The number of aromatic nitrogens is 3. The third-order valence-corrected chi connectivity index (χ3v) is 5.76. The van der Waals surface area contributed by atoms with Crippen LogP contribution in [-0.2, 0) is 17.7 Å². The van der Waals surface area contributed by atoms with Gasteiger partial charge in [-0.25, -0.2) is 4.68 Å². The van der Waals surface area contributed by atoms with Crippen LogP contribution in [0.2, 0.25) is 0 Å². The maximum atomic E-state index is 12.8. The minimum atomic E-state index is -4.38. The number of pyridine rings is 1. The average molecular weight is 488 g/mol. The maximum Gasteiger partial charge on any atom is 0.411 e. The molecular weight excluding hydrogens is 465 g/mol. The summed E-state index contributed by atoms with van der Waals surface area (Å²) < 4.78 is 54.6. The second kappa shape index (κ2) is 9.57. The number of benzene rings is 1. The molecule has 1 aromatic carbocycles. The molecule has 2 aromatic heterocycles. The molecule has 11 heteroatoms. The van der Waals surface area contributed by atoms with Crippen molar-refractivity contribution < 1.29 is 32.2 Å². The number of nitrogens with zero attached hydrogens (tertiary/aromatic N) is 3. The summed E-state index contributed by atoms with van der Waals surface area (Å²) in [6.07, 6.45) is -2.16. The number of carbonyl (C=O) groups excluding carboxylic acids is 1. The molecule has 0 aliphatic carbocycles. The van der Waals surface area contributed by atoms with Gasteiger partial charge in [0.2, 0.25) is 5.88 Å². The van der Waals surface area contributed by atoms with Crippen molar-refractivity contribution in [3.05, 3.63) is 59.9 Å². The fraction of sp³-hybridized carbons (Fsp3) is 0.375. The van der Waals surface area contributed by atoms with E-state index in [1.165, 1.54) is 10.7 Å². The molecule has 2 aliphatic heterocycles. The summed E-state index contributed by atoms with van der Waals surface area (Å²) in [5, 5.41) is 7.22. The molecule has 0 bridgehead atoms. The molecule has 5 rings (SSSR count). The van der Waals surface area contributed by atoms with E-state index in [0.29, 0.717) is 31.9 Å². The van der Waals surface area contributed by atoms with Gasteiger partial charge in [-0.05, 0) is 42.3 Å². The van der Waals surface area contributed by atoms with Crippen LogP contribution in [0, 0.1) is 0 Å². The molecule has 2 atom stereocenters. The summed E-state index contributed by atoms with van der Waals surface area (Å²) in [4.78, 5) is 17.2. The van der Waals surface area contributed by atoms with Crippen molar-refractivity contribution in [1.82, 2.24) is 20.1 Å². The zero-order valence-electron chi connectivity index (χ0n) is 18.6. The standard InChI is InChI=1S/C24H23F3N4O4/c25-24(26,27)14-33-13-18-6-8-31-22(35-18)11-20(30-31)23(32)29-17-10-16-9-15(4-5-21(16)34-12-17)19-3-1-2-7-28-19/h1-5,7,9,11,17-18H,6,8,10,12-14H2,(H,29,32)/t17-,18-/m1/s1. The van der Waals surface area contributed by atoms with Crippen molar-refractivity contribution >= 4 is 5.91 Å². The number of ether oxygens (including phenoxy) is 3. The first-order valence-electron chi connectivity index (χ1n) is 11.2. The van der Waals surface area contributed by atoms with Crippen molar-refractivity contribution in [1.29, 1.82) is 0 Å². The number of carbonyl (C=O) groups is 1. The average Bonchev–Trinajstić information content (AvgIpc) is 3.27. The van der Waals surface area contributed by atoms with Crippen molar-refractivity contribution in [2.24, 2.45) is 0 Å². The number of fused-ring (bicyclic) bond motifs is 2. The van der Waals surface area contributed by atoms with Crippen LogP contribution in [0.1, 0.15) is 22.5 Å². The van der Waals surface area contributed by atoms with Gasteiger partial charge < -0.3 is 19.5 Å². The van der Waals surface area contributed by atoms with E-state index in [2.05, 4.69) is 15.4 Å². The highest BCUT2D eigenvalue weighted by atomic mass is 19.4. The van der Waals surface area contributed by atoms with Gasteiger partial charge in [-0.3, -0.25) is 9.78 Å². The van der Waals surface area contributed by atoms with Gasteiger partial charge in [0.15, 0.2) is 5.69 Å². The van der Waals surface area contributed by atoms with Gasteiger partial charge in [0, 0.05) is 30.8 Å². The predicted molar refractivity (Wildman–Crippen MR) is 118 cm³/mol. The molecule has 0 saturated heterocycles. The Balaban J connectivity index is 1.19. The minimum Gasteiger partial charge on any atom is -0.491 e. The smallest absolute Gasteiger partial charge is 0.411 e. The highest BCUT2D eigenvalue weighted by Gasteiger charge is 2.30. The third-order valence-electron chi connectivity index (χ3n) is 5.76. The summed E-state index contributed by atoms with van der Waals surface area (Å²) in [6, 6.07) is 12.8. The van der Waals surface area contributed by atoms with Gasteiger partial charge in [-0.2, -0.15) is 18.3 Å². The van der Waals surface area contributed by atoms with Gasteiger partial charge in [-0.15, -0.1) is 0 Å². The Morgan fingerprint density at radius 1 is 1.23 bits per heavy atom. The van der Waals surface area contributed by atoms with Crippen LogP contribution in [0.15, 0.2) is 48.7 Å². The van der Waals surface area contributed by atoms with Gasteiger partial charge in [0.25, 0.3) is 5.91 Å². The van der Waals surface area contributed by atoms with Gasteiger partial charge in [0.05, 0.1) is 18.3 Å². The molecule has 0 spiro atoms. The molecule has 2 aliphatic rings. The lowest BCUT2D eigenvalue weighted by Crippen LogP contribution is -2.42. The summed E-state index contributed by atoms with van der Waals surface area (Å²) >= 11 is 0. The van der Waals surface area contributed by atoms with Crippen LogP contribution in [0.3, 0.4) is 0 Å². The highest BCUT2D eigenvalue weighted by molar-refractivity contribution is 5.92. The lowest BCUT2D eigenvalue weighted by Gasteiger charge is -2.26. The quantitative estimate of drug-likeness (QED) is 0.572. The third kappa shape index (κ3) is 5.56.